The highest BCUT2D eigenvalue weighted by molar-refractivity contribution is 6.32. The van der Waals surface area contributed by atoms with E-state index in [2.05, 4.69) is 143 Å². The number of hydrogen-bond donors (Lipinski definition) is 0. The lowest BCUT2D eigenvalue weighted by atomic mass is 9.77. The number of allylic oxidation sites excluding steroid dienone is 8. The summed E-state index contributed by atoms with van der Waals surface area (Å²) in [5, 5.41) is 6.01. The molecule has 1 heterocycles. The second-order valence-electron chi connectivity index (χ2n) is 12.9. The van der Waals surface area contributed by atoms with Gasteiger partial charge in [0.2, 0.25) is 0 Å². The Kier molecular flexibility index (Phi) is 7.69. The average Bonchev–Trinajstić information content (AvgIpc) is 3.21. The summed E-state index contributed by atoms with van der Waals surface area (Å²) < 4.78 is 0. The molecule has 6 rings (SSSR count). The van der Waals surface area contributed by atoms with E-state index in [9.17, 15) is 0 Å². The van der Waals surface area contributed by atoms with Crippen LogP contribution in [-0.4, -0.2) is 19.8 Å². The van der Waals surface area contributed by atoms with Gasteiger partial charge in [0.25, 0.3) is 0 Å². The smallest absolute Gasteiger partial charge is 0.0470 e. The molecule has 4 aromatic rings. The molecule has 4 aromatic carbocycles. The molecule has 0 radical (unpaired) electrons. The van der Waals surface area contributed by atoms with Crippen LogP contribution in [0.2, 0.25) is 0 Å². The minimum Gasteiger partial charge on any atom is -0.347 e. The van der Waals surface area contributed by atoms with E-state index in [4.69, 9.17) is 16.6 Å². The van der Waals surface area contributed by atoms with Gasteiger partial charge in [0.15, 0.2) is 0 Å². The molecule has 0 saturated carbocycles. The van der Waals surface area contributed by atoms with Crippen LogP contribution in [0.5, 0.6) is 0 Å². The molecule has 0 aromatic heterocycles. The summed E-state index contributed by atoms with van der Waals surface area (Å²) in [6.07, 6.45) is 12.0. The summed E-state index contributed by atoms with van der Waals surface area (Å²) in [5.74, 6) is 0. The van der Waals surface area contributed by atoms with Gasteiger partial charge in [-0.25, -0.2) is 0 Å². The van der Waals surface area contributed by atoms with E-state index in [1.807, 2.05) is 7.05 Å². The number of rotatable bonds is 5. The molecule has 0 bridgehead atoms. The van der Waals surface area contributed by atoms with Crippen LogP contribution in [0.15, 0.2) is 130 Å². The summed E-state index contributed by atoms with van der Waals surface area (Å²) in [7, 11) is 4.07. The molecule has 0 fully saturated rings. The molecule has 3 heteroatoms. The van der Waals surface area contributed by atoms with Gasteiger partial charge in [0.1, 0.15) is 0 Å². The molecule has 0 atom stereocenters. The Bertz CT molecular complexity index is 1870. The lowest BCUT2D eigenvalue weighted by Gasteiger charge is -2.27. The van der Waals surface area contributed by atoms with Crippen LogP contribution in [-0.2, 0) is 10.8 Å². The molecule has 218 valence electrons. The summed E-state index contributed by atoms with van der Waals surface area (Å²) >= 11 is 7.12. The molecular weight excluding hydrogens is 544 g/mol. The number of fused-ring (bicyclic) bond motifs is 4. The van der Waals surface area contributed by atoms with E-state index in [-0.39, 0.29) is 10.8 Å². The van der Waals surface area contributed by atoms with Gasteiger partial charge in [-0.15, -0.1) is 0 Å². The maximum Gasteiger partial charge on any atom is 0.0470 e. The van der Waals surface area contributed by atoms with Crippen molar-refractivity contribution in [2.75, 3.05) is 19.0 Å². The average molecular weight is 585 g/mol. The van der Waals surface area contributed by atoms with Crippen molar-refractivity contribution in [3.8, 4) is 0 Å². The Morgan fingerprint density at radius 2 is 1.53 bits per heavy atom. The second-order valence-corrected chi connectivity index (χ2v) is 13.3. The quantitative estimate of drug-likeness (QED) is 0.213. The largest absolute Gasteiger partial charge is 0.347 e. The van der Waals surface area contributed by atoms with Gasteiger partial charge >= 0.3 is 0 Å². The predicted molar refractivity (Wildman–Crippen MR) is 188 cm³/mol. The molecule has 2 aliphatic rings. The van der Waals surface area contributed by atoms with Crippen molar-refractivity contribution < 1.29 is 0 Å². The molecule has 0 N–H and O–H groups in total. The molecule has 1 aliphatic carbocycles. The normalized spacial score (nSPS) is 19.4. The zero-order valence-electron chi connectivity index (χ0n) is 26.2. The van der Waals surface area contributed by atoms with E-state index in [0.29, 0.717) is 0 Å². The van der Waals surface area contributed by atoms with Crippen molar-refractivity contribution in [3.05, 3.63) is 136 Å². The van der Waals surface area contributed by atoms with Crippen LogP contribution in [0.3, 0.4) is 0 Å². The topological polar surface area (TPSA) is 15.6 Å². The SMILES string of the molecule is C/N=C(\C=C\C1=C(Cl)C(=C/C=C2/N(C)c3ccc4ccccc4c3C2(C)C)/CCC1)C(C)(C)c1cccc2ccccc12. The van der Waals surface area contributed by atoms with E-state index >= 15 is 0 Å². The van der Waals surface area contributed by atoms with E-state index in [1.54, 1.807) is 0 Å². The van der Waals surface area contributed by atoms with Crippen molar-refractivity contribution in [2.45, 2.75) is 57.8 Å². The third-order valence-corrected chi connectivity index (χ3v) is 10.1. The molecule has 2 nitrogen and oxygen atoms in total. The van der Waals surface area contributed by atoms with Gasteiger partial charge in [0, 0.05) is 47.1 Å². The van der Waals surface area contributed by atoms with Crippen LogP contribution >= 0.6 is 11.6 Å². The number of hydrogen-bond acceptors (Lipinski definition) is 2. The Balaban J connectivity index is 1.31. The summed E-state index contributed by atoms with van der Waals surface area (Å²) in [6.45, 7) is 9.19. The fourth-order valence-corrected chi connectivity index (χ4v) is 7.55. The second kappa shape index (κ2) is 11.3. The fraction of sp³-hybridized carbons (Fsp3) is 0.275. The number of halogens is 1. The maximum absolute atomic E-state index is 7.12. The molecular formula is C40H41ClN2. The highest BCUT2D eigenvalue weighted by Crippen LogP contribution is 2.50. The van der Waals surface area contributed by atoms with Crippen molar-refractivity contribution >= 4 is 44.5 Å². The summed E-state index contributed by atoms with van der Waals surface area (Å²) in [6, 6.07) is 28.3. The lowest BCUT2D eigenvalue weighted by Crippen LogP contribution is -2.28. The van der Waals surface area contributed by atoms with E-state index in [0.717, 1.165) is 30.0 Å². The third kappa shape index (κ3) is 5.06. The molecule has 0 amide bonds. The molecule has 43 heavy (non-hydrogen) atoms. The van der Waals surface area contributed by atoms with Crippen LogP contribution in [0.4, 0.5) is 5.69 Å². The van der Waals surface area contributed by atoms with Gasteiger partial charge < -0.3 is 4.90 Å². The first-order valence-electron chi connectivity index (χ1n) is 15.3. The molecule has 0 saturated heterocycles. The Hall–Kier alpha value is -3.88. The van der Waals surface area contributed by atoms with Gasteiger partial charge in [-0.3, -0.25) is 4.99 Å². The summed E-state index contributed by atoms with van der Waals surface area (Å²) in [4.78, 5) is 7.11. The van der Waals surface area contributed by atoms with Gasteiger partial charge in [-0.05, 0) is 81.3 Å². The zero-order chi connectivity index (χ0) is 30.4. The first-order valence-corrected chi connectivity index (χ1v) is 15.7. The standard InChI is InChI=1S/C40H41ClN2/c1-39(2,33-20-12-15-27-13-7-9-18-31(27)33)35(42-5)25-22-29-16-11-17-30(38(29)41)23-26-36-40(3,4)37-32-19-10-8-14-28(32)21-24-34(37)43(36)6/h7-10,12-15,18-26H,11,16-17H2,1-6H3/b25-22+,30-23+,36-26+,42-35+. The van der Waals surface area contributed by atoms with E-state index < -0.39 is 0 Å². The molecule has 0 spiro atoms. The van der Waals surface area contributed by atoms with Crippen LogP contribution in [0, 0.1) is 0 Å². The van der Waals surface area contributed by atoms with Gasteiger partial charge in [0.05, 0.1) is 0 Å². The third-order valence-electron chi connectivity index (χ3n) is 9.58. The first kappa shape index (κ1) is 29.2. The number of aliphatic imine (C=N–C) groups is 1. The number of anilines is 1. The van der Waals surface area contributed by atoms with Crippen molar-refractivity contribution in [1.29, 1.82) is 0 Å². The lowest BCUT2D eigenvalue weighted by molar-refractivity contribution is 0.645. The number of nitrogens with zero attached hydrogens (tertiary/aromatic N) is 2. The number of benzene rings is 4. The number of likely N-dealkylation sites (N-methyl/N-ethyl adjacent to an activating group) is 1. The monoisotopic (exact) mass is 584 g/mol. The van der Waals surface area contributed by atoms with E-state index in [1.165, 1.54) is 55.2 Å². The molecule has 0 unspecified atom stereocenters. The Morgan fingerprint density at radius 1 is 0.860 bits per heavy atom. The van der Waals surface area contributed by atoms with Crippen LogP contribution in [0.1, 0.15) is 58.1 Å². The maximum atomic E-state index is 7.12. The predicted octanol–water partition coefficient (Wildman–Crippen LogP) is 10.8. The van der Waals surface area contributed by atoms with Crippen molar-refractivity contribution in [2.24, 2.45) is 4.99 Å². The van der Waals surface area contributed by atoms with Gasteiger partial charge in [-0.2, -0.15) is 0 Å². The summed E-state index contributed by atoms with van der Waals surface area (Å²) in [5.41, 5.74) is 8.30. The van der Waals surface area contributed by atoms with Crippen LogP contribution < -0.4 is 4.90 Å². The van der Waals surface area contributed by atoms with Crippen LogP contribution in [0.25, 0.3) is 21.5 Å². The molecule has 1 aliphatic heterocycles. The fourth-order valence-electron chi connectivity index (χ4n) is 7.23. The van der Waals surface area contributed by atoms with Crippen molar-refractivity contribution in [3.63, 3.8) is 0 Å². The Morgan fingerprint density at radius 3 is 2.28 bits per heavy atom. The highest BCUT2D eigenvalue weighted by atomic mass is 35.5. The zero-order valence-corrected chi connectivity index (χ0v) is 27.0. The Labute approximate surface area is 261 Å². The minimum absolute atomic E-state index is 0.116. The first-order chi connectivity index (χ1) is 20.6. The highest BCUT2D eigenvalue weighted by Gasteiger charge is 2.39. The van der Waals surface area contributed by atoms with Gasteiger partial charge in [-0.1, -0.05) is 124 Å². The van der Waals surface area contributed by atoms with Crippen molar-refractivity contribution in [1.82, 2.24) is 0 Å². The minimum atomic E-state index is -0.255.